The first-order chi connectivity index (χ1) is 7.90. The van der Waals surface area contributed by atoms with E-state index in [1.807, 2.05) is 0 Å². The molecule has 0 aromatic heterocycles. The zero-order valence-corrected chi connectivity index (χ0v) is 10.1. The van der Waals surface area contributed by atoms with Gasteiger partial charge in [0.1, 0.15) is 0 Å². The van der Waals surface area contributed by atoms with E-state index in [-0.39, 0.29) is 0 Å². The fourth-order valence-corrected chi connectivity index (χ4v) is 2.77. The highest BCUT2D eigenvalue weighted by Gasteiger charge is 2.04. The van der Waals surface area contributed by atoms with Gasteiger partial charge in [0, 0.05) is 0 Å². The van der Waals surface area contributed by atoms with Gasteiger partial charge in [-0.25, -0.2) is 0 Å². The maximum absolute atomic E-state index is 2.84. The maximum Gasteiger partial charge on any atom is -0.0116 e. The Balaban J connectivity index is 2.56. The van der Waals surface area contributed by atoms with Crippen LogP contribution in [0.1, 0.15) is 5.56 Å². The van der Waals surface area contributed by atoms with Gasteiger partial charge in [0.2, 0.25) is 0 Å². The molecule has 3 aromatic rings. The molecule has 1 atom stereocenters. The topological polar surface area (TPSA) is 0 Å². The van der Waals surface area contributed by atoms with Gasteiger partial charge in [0.25, 0.3) is 0 Å². The van der Waals surface area contributed by atoms with Crippen LogP contribution >= 0.6 is 9.24 Å². The van der Waals surface area contributed by atoms with Gasteiger partial charge < -0.3 is 0 Å². The van der Waals surface area contributed by atoms with Gasteiger partial charge in [0.05, 0.1) is 0 Å². The predicted molar refractivity (Wildman–Crippen MR) is 74.9 cm³/mol. The highest BCUT2D eigenvalue weighted by atomic mass is 31.0. The van der Waals surface area contributed by atoms with Gasteiger partial charge in [-0.05, 0) is 39.3 Å². The molecule has 0 amide bonds. The standard InChI is InChI=1S/C15H13P/c16-10-15-13-7-3-1-5-11(13)9-12-6-2-4-8-14(12)15/h1-9H,10,16H2. The van der Waals surface area contributed by atoms with Crippen LogP contribution in [0.5, 0.6) is 0 Å². The molecular formula is C15H13P. The molecule has 0 heterocycles. The fourth-order valence-electron chi connectivity index (χ4n) is 2.33. The SMILES string of the molecule is PCc1c2ccccc2cc2ccccc12. The van der Waals surface area contributed by atoms with Gasteiger partial charge in [-0.2, -0.15) is 0 Å². The monoisotopic (exact) mass is 224 g/mol. The third kappa shape index (κ3) is 1.42. The van der Waals surface area contributed by atoms with Crippen molar-refractivity contribution in [1.29, 1.82) is 0 Å². The van der Waals surface area contributed by atoms with Gasteiger partial charge in [-0.15, -0.1) is 9.24 Å². The Kier molecular flexibility index (Phi) is 2.38. The molecule has 0 aliphatic rings. The maximum atomic E-state index is 2.84. The van der Waals surface area contributed by atoms with E-state index in [0.29, 0.717) is 0 Å². The molecule has 0 nitrogen and oxygen atoms in total. The van der Waals surface area contributed by atoms with Crippen LogP contribution in [0.3, 0.4) is 0 Å². The minimum atomic E-state index is 1.00. The fraction of sp³-hybridized carbons (Fsp3) is 0.0667. The highest BCUT2D eigenvalue weighted by Crippen LogP contribution is 2.29. The lowest BCUT2D eigenvalue weighted by Gasteiger charge is -2.09. The van der Waals surface area contributed by atoms with Crippen LogP contribution in [0.4, 0.5) is 0 Å². The third-order valence-corrected chi connectivity index (χ3v) is 3.50. The molecule has 0 radical (unpaired) electrons. The second-order valence-corrected chi connectivity index (χ2v) is 4.41. The largest absolute Gasteiger partial charge is 0.133 e. The molecule has 0 bridgehead atoms. The van der Waals surface area contributed by atoms with Gasteiger partial charge >= 0.3 is 0 Å². The Hall–Kier alpha value is -1.39. The molecule has 0 aliphatic heterocycles. The molecule has 0 spiro atoms. The Morgan fingerprint density at radius 3 is 1.75 bits per heavy atom. The van der Waals surface area contributed by atoms with Crippen molar-refractivity contribution in [2.45, 2.75) is 6.16 Å². The average molecular weight is 224 g/mol. The first kappa shape index (κ1) is 9.81. The first-order valence-corrected chi connectivity index (χ1v) is 6.31. The third-order valence-electron chi connectivity index (χ3n) is 3.09. The minimum absolute atomic E-state index is 1.00. The normalized spacial score (nSPS) is 11.1. The summed E-state index contributed by atoms with van der Waals surface area (Å²) in [7, 11) is 2.84. The molecule has 3 rings (SSSR count). The van der Waals surface area contributed by atoms with Crippen molar-refractivity contribution in [1.82, 2.24) is 0 Å². The molecule has 0 fully saturated rings. The van der Waals surface area contributed by atoms with Crippen LogP contribution in [0.2, 0.25) is 0 Å². The summed E-state index contributed by atoms with van der Waals surface area (Å²) in [5, 5.41) is 5.41. The summed E-state index contributed by atoms with van der Waals surface area (Å²) in [6.07, 6.45) is 1.00. The smallest absolute Gasteiger partial charge is 0.0116 e. The zero-order chi connectivity index (χ0) is 11.0. The second kappa shape index (κ2) is 3.88. The van der Waals surface area contributed by atoms with E-state index in [0.717, 1.165) is 6.16 Å². The van der Waals surface area contributed by atoms with E-state index < -0.39 is 0 Å². The van der Waals surface area contributed by atoms with Crippen LogP contribution in [0.25, 0.3) is 21.5 Å². The van der Waals surface area contributed by atoms with E-state index in [9.17, 15) is 0 Å². The van der Waals surface area contributed by atoms with Crippen LogP contribution in [0, 0.1) is 0 Å². The summed E-state index contributed by atoms with van der Waals surface area (Å²) < 4.78 is 0. The summed E-state index contributed by atoms with van der Waals surface area (Å²) >= 11 is 0. The first-order valence-electron chi connectivity index (χ1n) is 5.49. The molecular weight excluding hydrogens is 211 g/mol. The Labute approximate surface area is 97.5 Å². The van der Waals surface area contributed by atoms with E-state index in [1.165, 1.54) is 27.1 Å². The lowest BCUT2D eigenvalue weighted by molar-refractivity contribution is 1.52. The highest BCUT2D eigenvalue weighted by molar-refractivity contribution is 7.15. The van der Waals surface area contributed by atoms with Crippen molar-refractivity contribution in [3.63, 3.8) is 0 Å². The van der Waals surface area contributed by atoms with E-state index in [1.54, 1.807) is 0 Å². The van der Waals surface area contributed by atoms with Crippen LogP contribution in [0.15, 0.2) is 54.6 Å². The Morgan fingerprint density at radius 2 is 1.25 bits per heavy atom. The lowest BCUT2D eigenvalue weighted by atomic mass is 9.98. The van der Waals surface area contributed by atoms with E-state index in [2.05, 4.69) is 63.8 Å². The number of rotatable bonds is 1. The number of benzene rings is 3. The van der Waals surface area contributed by atoms with Crippen molar-refractivity contribution in [2.24, 2.45) is 0 Å². The molecule has 0 saturated heterocycles. The van der Waals surface area contributed by atoms with Crippen molar-refractivity contribution in [3.05, 3.63) is 60.2 Å². The molecule has 1 unspecified atom stereocenters. The molecule has 0 N–H and O–H groups in total. The second-order valence-electron chi connectivity index (χ2n) is 4.00. The van der Waals surface area contributed by atoms with Gasteiger partial charge in [-0.1, -0.05) is 48.5 Å². The quantitative estimate of drug-likeness (QED) is 0.425. The zero-order valence-electron chi connectivity index (χ0n) is 8.98. The number of hydrogen-bond acceptors (Lipinski definition) is 0. The minimum Gasteiger partial charge on any atom is -0.133 e. The van der Waals surface area contributed by atoms with Crippen molar-refractivity contribution in [2.75, 3.05) is 0 Å². The predicted octanol–water partition coefficient (Wildman–Crippen LogP) is 4.37. The summed E-state index contributed by atoms with van der Waals surface area (Å²) in [6.45, 7) is 0. The van der Waals surface area contributed by atoms with Crippen LogP contribution in [-0.4, -0.2) is 0 Å². The Morgan fingerprint density at radius 1 is 0.750 bits per heavy atom. The van der Waals surface area contributed by atoms with Crippen LogP contribution in [-0.2, 0) is 6.16 Å². The van der Waals surface area contributed by atoms with Crippen molar-refractivity contribution < 1.29 is 0 Å². The molecule has 0 aliphatic carbocycles. The molecule has 0 saturated carbocycles. The van der Waals surface area contributed by atoms with E-state index in [4.69, 9.17) is 0 Å². The summed E-state index contributed by atoms with van der Waals surface area (Å²) in [5.74, 6) is 0. The van der Waals surface area contributed by atoms with Crippen LogP contribution < -0.4 is 0 Å². The number of hydrogen-bond donors (Lipinski definition) is 0. The van der Waals surface area contributed by atoms with Gasteiger partial charge in [0.15, 0.2) is 0 Å². The number of fused-ring (bicyclic) bond motifs is 2. The molecule has 3 aromatic carbocycles. The van der Waals surface area contributed by atoms with E-state index >= 15 is 0 Å². The van der Waals surface area contributed by atoms with Crippen molar-refractivity contribution in [3.8, 4) is 0 Å². The lowest BCUT2D eigenvalue weighted by Crippen LogP contribution is -1.85. The summed E-state index contributed by atoms with van der Waals surface area (Å²) in [5.41, 5.74) is 1.43. The Bertz CT molecular complexity index is 602. The summed E-state index contributed by atoms with van der Waals surface area (Å²) in [4.78, 5) is 0. The van der Waals surface area contributed by atoms with Crippen molar-refractivity contribution >= 4 is 30.8 Å². The van der Waals surface area contributed by atoms with Gasteiger partial charge in [-0.3, -0.25) is 0 Å². The molecule has 1 heteroatoms. The molecule has 16 heavy (non-hydrogen) atoms. The average Bonchev–Trinajstić information content (AvgIpc) is 2.36. The molecule has 78 valence electrons. The summed E-state index contributed by atoms with van der Waals surface area (Å²) in [6, 6.07) is 19.5.